The highest BCUT2D eigenvalue weighted by Crippen LogP contribution is 2.25. The Balaban J connectivity index is 2.10. The Kier molecular flexibility index (Phi) is 4.34. The van der Waals surface area contributed by atoms with Crippen molar-refractivity contribution in [3.05, 3.63) is 29.6 Å². The predicted octanol–water partition coefficient (Wildman–Crippen LogP) is 1.38. The Hall–Kier alpha value is -1.95. The van der Waals surface area contributed by atoms with Crippen molar-refractivity contribution in [2.24, 2.45) is 17.4 Å². The van der Waals surface area contributed by atoms with E-state index in [0.29, 0.717) is 6.42 Å². The van der Waals surface area contributed by atoms with E-state index in [4.69, 9.17) is 11.5 Å². The van der Waals surface area contributed by atoms with Gasteiger partial charge < -0.3 is 16.8 Å². The van der Waals surface area contributed by atoms with E-state index in [1.165, 1.54) is 12.1 Å². The SMILES string of the molecule is NC(=O)c1ccc(F)c(NC(=O)C2CCCC(N)C2)c1. The molecular formula is C14H18FN3O2. The summed E-state index contributed by atoms with van der Waals surface area (Å²) in [6, 6.07) is 3.66. The van der Waals surface area contributed by atoms with Crippen LogP contribution in [0.1, 0.15) is 36.0 Å². The second-order valence-electron chi connectivity index (χ2n) is 5.17. The Morgan fingerprint density at radius 3 is 2.70 bits per heavy atom. The topological polar surface area (TPSA) is 98.2 Å². The number of nitrogens with one attached hydrogen (secondary N) is 1. The zero-order chi connectivity index (χ0) is 14.7. The average molecular weight is 279 g/mol. The lowest BCUT2D eigenvalue weighted by Crippen LogP contribution is -2.34. The molecule has 1 aromatic carbocycles. The van der Waals surface area contributed by atoms with Gasteiger partial charge in [0.25, 0.3) is 0 Å². The van der Waals surface area contributed by atoms with Crippen LogP contribution in [0.4, 0.5) is 10.1 Å². The molecule has 0 saturated heterocycles. The van der Waals surface area contributed by atoms with Crippen LogP contribution in [-0.2, 0) is 4.79 Å². The number of rotatable bonds is 3. The molecule has 1 aromatic rings. The van der Waals surface area contributed by atoms with Crippen molar-refractivity contribution in [2.45, 2.75) is 31.7 Å². The van der Waals surface area contributed by atoms with Crippen molar-refractivity contribution < 1.29 is 14.0 Å². The van der Waals surface area contributed by atoms with Crippen molar-refractivity contribution in [1.29, 1.82) is 0 Å². The first-order valence-electron chi connectivity index (χ1n) is 6.63. The van der Waals surface area contributed by atoms with Gasteiger partial charge in [0.2, 0.25) is 11.8 Å². The average Bonchev–Trinajstić information content (AvgIpc) is 2.41. The Morgan fingerprint density at radius 1 is 1.30 bits per heavy atom. The van der Waals surface area contributed by atoms with E-state index in [2.05, 4.69) is 5.32 Å². The lowest BCUT2D eigenvalue weighted by Gasteiger charge is -2.25. The first-order valence-corrected chi connectivity index (χ1v) is 6.63. The van der Waals surface area contributed by atoms with E-state index in [1.807, 2.05) is 0 Å². The summed E-state index contributed by atoms with van der Waals surface area (Å²) in [6.45, 7) is 0. The number of halogens is 1. The number of amides is 2. The van der Waals surface area contributed by atoms with E-state index in [9.17, 15) is 14.0 Å². The zero-order valence-electron chi connectivity index (χ0n) is 11.1. The van der Waals surface area contributed by atoms with Gasteiger partial charge in [-0.1, -0.05) is 6.42 Å². The molecule has 2 unspecified atom stereocenters. The van der Waals surface area contributed by atoms with E-state index >= 15 is 0 Å². The van der Waals surface area contributed by atoms with Crippen LogP contribution in [0.3, 0.4) is 0 Å². The second-order valence-corrected chi connectivity index (χ2v) is 5.17. The summed E-state index contributed by atoms with van der Waals surface area (Å²) >= 11 is 0. The molecule has 1 aliphatic rings. The van der Waals surface area contributed by atoms with Gasteiger partial charge in [0, 0.05) is 17.5 Å². The van der Waals surface area contributed by atoms with E-state index in [1.54, 1.807) is 0 Å². The molecule has 5 N–H and O–H groups in total. The van der Waals surface area contributed by atoms with E-state index in [0.717, 1.165) is 25.3 Å². The number of hydrogen-bond donors (Lipinski definition) is 3. The van der Waals surface area contributed by atoms with Crippen LogP contribution < -0.4 is 16.8 Å². The third-order valence-electron chi connectivity index (χ3n) is 3.59. The van der Waals surface area contributed by atoms with Crippen LogP contribution >= 0.6 is 0 Å². The molecule has 20 heavy (non-hydrogen) atoms. The largest absolute Gasteiger partial charge is 0.366 e. The van der Waals surface area contributed by atoms with Crippen LogP contribution in [0, 0.1) is 11.7 Å². The summed E-state index contributed by atoms with van der Waals surface area (Å²) in [4.78, 5) is 23.2. The zero-order valence-corrected chi connectivity index (χ0v) is 11.1. The molecule has 0 spiro atoms. The molecule has 0 heterocycles. The van der Waals surface area contributed by atoms with Gasteiger partial charge in [-0.25, -0.2) is 4.39 Å². The van der Waals surface area contributed by atoms with E-state index in [-0.39, 0.29) is 29.1 Å². The Labute approximate surface area is 116 Å². The first kappa shape index (κ1) is 14.5. The van der Waals surface area contributed by atoms with Crippen LogP contribution in [-0.4, -0.2) is 17.9 Å². The van der Waals surface area contributed by atoms with Crippen LogP contribution in [0.5, 0.6) is 0 Å². The smallest absolute Gasteiger partial charge is 0.248 e. The summed E-state index contributed by atoms with van der Waals surface area (Å²) in [5.74, 6) is -1.74. The van der Waals surface area contributed by atoms with Crippen LogP contribution in [0.25, 0.3) is 0 Å². The summed E-state index contributed by atoms with van der Waals surface area (Å²) in [7, 11) is 0. The molecule has 6 heteroatoms. The molecule has 2 atom stereocenters. The number of carbonyl (C=O) groups excluding carboxylic acids is 2. The van der Waals surface area contributed by atoms with Gasteiger partial charge in [0.1, 0.15) is 5.82 Å². The van der Waals surface area contributed by atoms with Gasteiger partial charge >= 0.3 is 0 Å². The van der Waals surface area contributed by atoms with Crippen molar-refractivity contribution in [3.63, 3.8) is 0 Å². The highest BCUT2D eigenvalue weighted by molar-refractivity contribution is 5.97. The molecule has 0 radical (unpaired) electrons. The van der Waals surface area contributed by atoms with Gasteiger partial charge in [-0.2, -0.15) is 0 Å². The number of primary amides is 1. The summed E-state index contributed by atoms with van der Waals surface area (Å²) in [5, 5.41) is 2.52. The monoisotopic (exact) mass is 279 g/mol. The number of benzene rings is 1. The van der Waals surface area contributed by atoms with Gasteiger partial charge in [0.15, 0.2) is 0 Å². The van der Waals surface area contributed by atoms with E-state index < -0.39 is 11.7 Å². The standard InChI is InChI=1S/C14H18FN3O2/c15-11-5-4-8(13(17)19)7-12(11)18-14(20)9-2-1-3-10(16)6-9/h4-5,7,9-10H,1-3,6,16H2,(H2,17,19)(H,18,20). The third kappa shape index (κ3) is 3.33. The maximum absolute atomic E-state index is 13.6. The minimum Gasteiger partial charge on any atom is -0.366 e. The first-order chi connectivity index (χ1) is 9.47. The molecule has 108 valence electrons. The molecule has 0 aliphatic heterocycles. The van der Waals surface area contributed by atoms with Gasteiger partial charge in [-0.3, -0.25) is 9.59 Å². The summed E-state index contributed by atoms with van der Waals surface area (Å²) in [5.41, 5.74) is 11.1. The summed E-state index contributed by atoms with van der Waals surface area (Å²) in [6.07, 6.45) is 3.15. The normalized spacial score (nSPS) is 22.3. The number of anilines is 1. The maximum Gasteiger partial charge on any atom is 0.248 e. The number of nitrogens with two attached hydrogens (primary N) is 2. The molecule has 0 bridgehead atoms. The second kappa shape index (κ2) is 6.00. The molecule has 2 amide bonds. The fraction of sp³-hybridized carbons (Fsp3) is 0.429. The molecular weight excluding hydrogens is 261 g/mol. The maximum atomic E-state index is 13.6. The van der Waals surface area contributed by atoms with Crippen LogP contribution in [0.15, 0.2) is 18.2 Å². The lowest BCUT2D eigenvalue weighted by molar-refractivity contribution is -0.120. The predicted molar refractivity (Wildman–Crippen MR) is 73.5 cm³/mol. The number of hydrogen-bond acceptors (Lipinski definition) is 3. The molecule has 5 nitrogen and oxygen atoms in total. The van der Waals surface area contributed by atoms with Crippen molar-refractivity contribution >= 4 is 17.5 Å². The quantitative estimate of drug-likeness (QED) is 0.779. The van der Waals surface area contributed by atoms with Gasteiger partial charge in [0.05, 0.1) is 5.69 Å². The van der Waals surface area contributed by atoms with Gasteiger partial charge in [-0.15, -0.1) is 0 Å². The fourth-order valence-corrected chi connectivity index (χ4v) is 2.47. The minimum absolute atomic E-state index is 0.0151. The highest BCUT2D eigenvalue weighted by atomic mass is 19.1. The molecule has 0 aromatic heterocycles. The Bertz CT molecular complexity index is 533. The molecule has 1 saturated carbocycles. The molecule has 2 rings (SSSR count). The molecule has 1 aliphatic carbocycles. The highest BCUT2D eigenvalue weighted by Gasteiger charge is 2.26. The van der Waals surface area contributed by atoms with Gasteiger partial charge in [-0.05, 0) is 37.5 Å². The van der Waals surface area contributed by atoms with Crippen molar-refractivity contribution in [1.82, 2.24) is 0 Å². The number of carbonyl (C=O) groups is 2. The van der Waals surface area contributed by atoms with Crippen molar-refractivity contribution in [2.75, 3.05) is 5.32 Å². The fourth-order valence-electron chi connectivity index (χ4n) is 2.47. The molecule has 1 fully saturated rings. The van der Waals surface area contributed by atoms with Crippen molar-refractivity contribution in [3.8, 4) is 0 Å². The third-order valence-corrected chi connectivity index (χ3v) is 3.59. The Morgan fingerprint density at radius 2 is 2.05 bits per heavy atom. The van der Waals surface area contributed by atoms with Crippen LogP contribution in [0.2, 0.25) is 0 Å². The summed E-state index contributed by atoms with van der Waals surface area (Å²) < 4.78 is 13.6. The minimum atomic E-state index is -0.666. The lowest BCUT2D eigenvalue weighted by atomic mass is 9.85.